The Bertz CT molecular complexity index is 3740. The molecule has 0 saturated carbocycles. The predicted molar refractivity (Wildman–Crippen MR) is 317 cm³/mol. The van der Waals surface area contributed by atoms with E-state index in [1.54, 1.807) is 0 Å². The maximum absolute atomic E-state index is 7.32. The topological polar surface area (TPSA) is 35.9 Å². The average Bonchev–Trinajstić information content (AvgIpc) is 3.99. The molecular weight excluding hydrogens is 925 g/mol. The highest BCUT2D eigenvalue weighted by Crippen LogP contribution is 2.45. The van der Waals surface area contributed by atoms with E-state index in [9.17, 15) is 0 Å². The molecule has 0 spiro atoms. The van der Waals surface area contributed by atoms with E-state index < -0.39 is 16.2 Å². The molecule has 10 rings (SSSR count). The third kappa shape index (κ3) is 9.59. The molecule has 5 nitrogen and oxygen atoms in total. The minimum absolute atomic E-state index is 0.0204. The molecule has 5 heteroatoms. The largest absolute Gasteiger partial charge is 0.458 e. The predicted octanol–water partition coefficient (Wildman–Crippen LogP) is 17.7. The van der Waals surface area contributed by atoms with Crippen molar-refractivity contribution in [2.75, 3.05) is 0 Å². The highest BCUT2D eigenvalue weighted by Gasteiger charge is 2.40. The molecule has 3 heterocycles. The third-order valence-electron chi connectivity index (χ3n) is 16.1. The zero-order chi connectivity index (χ0) is 54.2. The Morgan fingerprint density at radius 1 is 0.408 bits per heavy atom. The van der Waals surface area contributed by atoms with Gasteiger partial charge in [0, 0.05) is 39.3 Å². The number of hydrogen-bond acceptors (Lipinski definition) is 2. The van der Waals surface area contributed by atoms with Crippen LogP contribution in [0.2, 0.25) is 0 Å². The fourth-order valence-corrected chi connectivity index (χ4v) is 11.1. The Hall–Kier alpha value is -7.50. The second-order valence-corrected chi connectivity index (χ2v) is 25.7. The molecule has 0 N–H and O–H groups in total. The van der Waals surface area contributed by atoms with Gasteiger partial charge in [0.15, 0.2) is 0 Å². The average molecular weight is 1000 g/mol. The summed E-state index contributed by atoms with van der Waals surface area (Å²) in [5.74, 6) is 2.35. The molecule has 0 aliphatic rings. The van der Waals surface area contributed by atoms with Crippen LogP contribution in [-0.4, -0.2) is 14.1 Å². The van der Waals surface area contributed by atoms with E-state index in [4.69, 9.17) is 9.72 Å². The molecule has 7 aromatic carbocycles. The summed E-state index contributed by atoms with van der Waals surface area (Å²) in [6.45, 7) is 34.5. The van der Waals surface area contributed by atoms with Gasteiger partial charge in [-0.2, -0.15) is 0 Å². The first-order chi connectivity index (χ1) is 35.8. The monoisotopic (exact) mass is 1000 g/mol. The maximum Gasteiger partial charge on any atom is 0.269 e. The lowest BCUT2D eigenvalue weighted by atomic mass is 9.73. The van der Waals surface area contributed by atoms with Gasteiger partial charge in [-0.05, 0) is 122 Å². The van der Waals surface area contributed by atoms with Crippen molar-refractivity contribution in [1.29, 1.82) is 0 Å². The molecular formula is C71H76N4O. The number of imidazole rings is 1. The van der Waals surface area contributed by atoms with Crippen LogP contribution >= 0.6 is 0 Å². The fraction of sp³-hybridized carbons (Fsp3) is 0.296. The number of rotatable bonds is 11. The lowest BCUT2D eigenvalue weighted by Gasteiger charge is -2.35. The summed E-state index contributed by atoms with van der Waals surface area (Å²) in [4.78, 5) is 5.04. The molecule has 0 saturated heterocycles. The molecule has 0 fully saturated rings. The molecule has 0 radical (unpaired) electrons. The van der Waals surface area contributed by atoms with Gasteiger partial charge in [-0.25, -0.2) is 4.98 Å². The van der Waals surface area contributed by atoms with Crippen molar-refractivity contribution in [2.45, 2.75) is 136 Å². The standard InChI is InChI=1S/C71H76N4O/c1-66(2,3)51-32-25-33-55(40-51)73-47-74(65(71(14,15)50-30-23-18-24-31-50)64(73)70(12,13)49-28-21-17-22-29-49)56-41-54(69(10,11)48-26-19-16-20-27-48)42-58(45-56)76-57-35-36-59-60-43-52(67(4,5)6)34-37-61(60)75(62(59)46-57)63-44-53(38-39-72-63)68(7,8)9/h16-46H,1-15H3. The number of nitrogens with zero attached hydrogens (tertiary/aromatic N) is 4. The summed E-state index contributed by atoms with van der Waals surface area (Å²) >= 11 is 0. The van der Waals surface area contributed by atoms with Crippen LogP contribution < -0.4 is 9.30 Å². The van der Waals surface area contributed by atoms with Crippen molar-refractivity contribution < 1.29 is 9.30 Å². The Labute approximate surface area is 452 Å². The van der Waals surface area contributed by atoms with E-state index in [1.807, 2.05) is 6.20 Å². The van der Waals surface area contributed by atoms with Crippen LogP contribution in [0.4, 0.5) is 0 Å². The van der Waals surface area contributed by atoms with Crippen molar-refractivity contribution in [3.8, 4) is 28.7 Å². The number of benzene rings is 7. The molecule has 0 unspecified atom stereocenters. The molecule has 3 aromatic heterocycles. The van der Waals surface area contributed by atoms with Gasteiger partial charge in [0.1, 0.15) is 17.3 Å². The SMILES string of the molecule is CC(C)(C)c1cccc(-[n+]2[c-]n(-c3cc(Oc4ccc5c6cc(C(C)(C)C)ccc6n(-c6cc(C(C)(C)C)ccn6)c5c4)cc(C(C)(C)c4ccccc4)c3)c(C(C)(C)c3ccccc3)c2C(C)(C)c2ccccc2)c1. The number of aromatic nitrogens is 4. The van der Waals surface area contributed by atoms with Gasteiger partial charge in [0.05, 0.1) is 33.8 Å². The third-order valence-corrected chi connectivity index (χ3v) is 16.1. The Kier molecular flexibility index (Phi) is 13.0. The van der Waals surface area contributed by atoms with E-state index in [2.05, 4.69) is 306 Å². The lowest BCUT2D eigenvalue weighted by Crippen LogP contribution is -2.43. The van der Waals surface area contributed by atoms with E-state index in [-0.39, 0.29) is 16.2 Å². The van der Waals surface area contributed by atoms with Crippen molar-refractivity contribution >= 4 is 21.8 Å². The minimum Gasteiger partial charge on any atom is -0.458 e. The van der Waals surface area contributed by atoms with Crippen LogP contribution in [0, 0.1) is 6.33 Å². The smallest absolute Gasteiger partial charge is 0.269 e. The van der Waals surface area contributed by atoms with Gasteiger partial charge in [0.2, 0.25) is 0 Å². The van der Waals surface area contributed by atoms with Gasteiger partial charge in [-0.15, -0.1) is 0 Å². The zero-order valence-electron chi connectivity index (χ0n) is 47.6. The zero-order valence-corrected chi connectivity index (χ0v) is 47.6. The number of ether oxygens (including phenoxy) is 1. The van der Waals surface area contributed by atoms with Gasteiger partial charge in [-0.3, -0.25) is 13.7 Å². The first-order valence-corrected chi connectivity index (χ1v) is 27.1. The number of pyridine rings is 1. The van der Waals surface area contributed by atoms with Crippen molar-refractivity contribution in [2.24, 2.45) is 0 Å². The summed E-state index contributed by atoms with van der Waals surface area (Å²) in [5, 5.41) is 2.34. The van der Waals surface area contributed by atoms with E-state index in [0.29, 0.717) is 0 Å². The van der Waals surface area contributed by atoms with Gasteiger partial charge < -0.3 is 4.74 Å². The Balaban J connectivity index is 1.25. The second-order valence-electron chi connectivity index (χ2n) is 25.7. The second kappa shape index (κ2) is 19.0. The molecule has 0 amide bonds. The molecule has 0 aliphatic carbocycles. The normalized spacial score (nSPS) is 12.9. The first-order valence-electron chi connectivity index (χ1n) is 27.1. The Morgan fingerprint density at radius 2 is 0.961 bits per heavy atom. The molecule has 0 aliphatic heterocycles. The molecule has 0 atom stereocenters. The van der Waals surface area contributed by atoms with Gasteiger partial charge in [0.25, 0.3) is 6.33 Å². The van der Waals surface area contributed by atoms with E-state index >= 15 is 0 Å². The van der Waals surface area contributed by atoms with Crippen LogP contribution in [0.5, 0.6) is 11.5 Å². The first kappa shape index (κ1) is 52.0. The summed E-state index contributed by atoms with van der Waals surface area (Å²) in [5.41, 5.74) is 13.5. The summed E-state index contributed by atoms with van der Waals surface area (Å²) in [7, 11) is 0. The van der Waals surface area contributed by atoms with Crippen molar-refractivity contribution in [3.63, 3.8) is 0 Å². The highest BCUT2D eigenvalue weighted by molar-refractivity contribution is 6.09. The molecule has 10 aromatic rings. The molecule has 76 heavy (non-hydrogen) atoms. The lowest BCUT2D eigenvalue weighted by molar-refractivity contribution is -0.611. The Morgan fingerprint density at radius 3 is 1.57 bits per heavy atom. The summed E-state index contributed by atoms with van der Waals surface area (Å²) < 4.78 is 14.3. The van der Waals surface area contributed by atoms with E-state index in [0.717, 1.165) is 62.1 Å². The van der Waals surface area contributed by atoms with Crippen molar-refractivity contribution in [1.82, 2.24) is 14.1 Å². The van der Waals surface area contributed by atoms with Crippen LogP contribution in [0.1, 0.15) is 154 Å². The van der Waals surface area contributed by atoms with Gasteiger partial charge in [-0.1, -0.05) is 213 Å². The highest BCUT2D eigenvalue weighted by atomic mass is 16.5. The van der Waals surface area contributed by atoms with Crippen LogP contribution in [0.25, 0.3) is 39.0 Å². The summed E-state index contributed by atoms with van der Waals surface area (Å²) in [6, 6.07) is 66.4. The number of fused-ring (bicyclic) bond motifs is 3. The van der Waals surface area contributed by atoms with E-state index in [1.165, 1.54) is 38.8 Å². The minimum atomic E-state index is -0.512. The number of hydrogen-bond donors (Lipinski definition) is 0. The van der Waals surface area contributed by atoms with Crippen LogP contribution in [0.15, 0.2) is 188 Å². The maximum atomic E-state index is 7.32. The van der Waals surface area contributed by atoms with Crippen LogP contribution in [0.3, 0.4) is 0 Å². The molecule has 386 valence electrons. The quantitative estimate of drug-likeness (QED) is 0.0956. The molecule has 0 bridgehead atoms. The fourth-order valence-electron chi connectivity index (χ4n) is 11.1. The summed E-state index contributed by atoms with van der Waals surface area (Å²) in [6.07, 6.45) is 6.03. The van der Waals surface area contributed by atoms with Gasteiger partial charge >= 0.3 is 0 Å². The van der Waals surface area contributed by atoms with Crippen LogP contribution in [-0.2, 0) is 32.5 Å². The van der Waals surface area contributed by atoms with Crippen molar-refractivity contribution in [3.05, 3.63) is 245 Å².